The maximum absolute atomic E-state index is 11.9. The molecule has 0 aliphatic carbocycles. The van der Waals surface area contributed by atoms with Gasteiger partial charge in [0.25, 0.3) is 0 Å². The van der Waals surface area contributed by atoms with E-state index >= 15 is 0 Å². The number of nitrogens with one attached hydrogen (secondary N) is 1. The summed E-state index contributed by atoms with van der Waals surface area (Å²) in [6, 6.07) is 0. The van der Waals surface area contributed by atoms with E-state index in [0.717, 1.165) is 6.54 Å². The first-order valence-corrected chi connectivity index (χ1v) is 7.81. The summed E-state index contributed by atoms with van der Waals surface area (Å²) in [5.74, 6) is 1.49. The van der Waals surface area contributed by atoms with Gasteiger partial charge in [0.15, 0.2) is 5.82 Å². The lowest BCUT2D eigenvalue weighted by Gasteiger charge is -2.25. The number of hydrogen-bond donors (Lipinski definition) is 2. The van der Waals surface area contributed by atoms with E-state index in [-0.39, 0.29) is 5.82 Å². The van der Waals surface area contributed by atoms with E-state index in [1.54, 1.807) is 6.92 Å². The van der Waals surface area contributed by atoms with Crippen molar-refractivity contribution in [1.29, 1.82) is 0 Å². The van der Waals surface area contributed by atoms with Crippen molar-refractivity contribution in [2.75, 3.05) is 24.2 Å². The van der Waals surface area contributed by atoms with Crippen molar-refractivity contribution < 1.29 is 9.53 Å². The summed E-state index contributed by atoms with van der Waals surface area (Å²) in [6.45, 7) is 11.7. The summed E-state index contributed by atoms with van der Waals surface area (Å²) in [6.07, 6.45) is 0. The van der Waals surface area contributed by atoms with Crippen LogP contribution in [0.25, 0.3) is 0 Å². The molecule has 1 rings (SSSR count). The standard InChI is InChI=1S/C14H25N3O2S/c1-6-19-14(18)11-12(15)17-20-13(11)16-7-10(8(2)3)9(4)5/h8-10,16H,6-7H2,1-5H3,(H2,15,17). The largest absolute Gasteiger partial charge is 0.462 e. The number of aromatic nitrogens is 1. The zero-order valence-electron chi connectivity index (χ0n) is 12.9. The van der Waals surface area contributed by atoms with Crippen molar-refractivity contribution >= 4 is 28.3 Å². The quantitative estimate of drug-likeness (QED) is 0.756. The van der Waals surface area contributed by atoms with Gasteiger partial charge in [-0.2, -0.15) is 4.37 Å². The van der Waals surface area contributed by atoms with Gasteiger partial charge < -0.3 is 15.8 Å². The number of nitrogens with zero attached hydrogens (tertiary/aromatic N) is 1. The molecule has 0 bridgehead atoms. The van der Waals surface area contributed by atoms with E-state index < -0.39 is 5.97 Å². The molecule has 0 saturated carbocycles. The lowest BCUT2D eigenvalue weighted by Crippen LogP contribution is -2.25. The van der Waals surface area contributed by atoms with E-state index in [2.05, 4.69) is 37.4 Å². The molecule has 3 N–H and O–H groups in total. The van der Waals surface area contributed by atoms with E-state index in [9.17, 15) is 4.79 Å². The molecule has 20 heavy (non-hydrogen) atoms. The van der Waals surface area contributed by atoms with Crippen molar-refractivity contribution in [3.8, 4) is 0 Å². The number of rotatable bonds is 7. The van der Waals surface area contributed by atoms with E-state index in [4.69, 9.17) is 10.5 Å². The fraction of sp³-hybridized carbons (Fsp3) is 0.714. The van der Waals surface area contributed by atoms with Crippen LogP contribution in [-0.4, -0.2) is 23.5 Å². The fourth-order valence-corrected chi connectivity index (χ4v) is 2.98. The van der Waals surface area contributed by atoms with Crippen LogP contribution in [0.4, 0.5) is 10.8 Å². The average molecular weight is 299 g/mol. The van der Waals surface area contributed by atoms with Crippen LogP contribution in [0.3, 0.4) is 0 Å². The summed E-state index contributed by atoms with van der Waals surface area (Å²) >= 11 is 1.21. The van der Waals surface area contributed by atoms with Crippen molar-refractivity contribution in [1.82, 2.24) is 4.37 Å². The fourth-order valence-electron chi connectivity index (χ4n) is 2.28. The number of nitrogens with two attached hydrogens (primary N) is 1. The molecular weight excluding hydrogens is 274 g/mol. The number of carbonyl (C=O) groups excluding carboxylic acids is 1. The zero-order valence-corrected chi connectivity index (χ0v) is 13.7. The number of hydrogen-bond acceptors (Lipinski definition) is 6. The van der Waals surface area contributed by atoms with Crippen LogP contribution in [0.15, 0.2) is 0 Å². The topological polar surface area (TPSA) is 77.2 Å². The second-order valence-corrected chi connectivity index (χ2v) is 6.30. The number of carbonyl (C=O) groups is 1. The molecule has 6 heteroatoms. The second kappa shape index (κ2) is 7.47. The molecule has 0 atom stereocenters. The maximum Gasteiger partial charge on any atom is 0.344 e. The second-order valence-electron chi connectivity index (χ2n) is 5.53. The highest BCUT2D eigenvalue weighted by molar-refractivity contribution is 7.11. The molecule has 0 spiro atoms. The summed E-state index contributed by atoms with van der Waals surface area (Å²) < 4.78 is 9.06. The Kier molecular flexibility index (Phi) is 6.26. The Morgan fingerprint density at radius 3 is 2.45 bits per heavy atom. The first-order valence-electron chi connectivity index (χ1n) is 7.04. The predicted octanol–water partition coefficient (Wildman–Crippen LogP) is 3.24. The van der Waals surface area contributed by atoms with Crippen LogP contribution in [0.1, 0.15) is 45.0 Å². The Bertz CT molecular complexity index is 436. The Morgan fingerprint density at radius 1 is 1.35 bits per heavy atom. The van der Waals surface area contributed by atoms with Gasteiger partial charge in [-0.3, -0.25) is 0 Å². The van der Waals surface area contributed by atoms with Crippen LogP contribution < -0.4 is 11.1 Å². The van der Waals surface area contributed by atoms with Crippen LogP contribution in [0.5, 0.6) is 0 Å². The van der Waals surface area contributed by atoms with E-state index in [1.807, 2.05) is 0 Å². The highest BCUT2D eigenvalue weighted by atomic mass is 32.1. The maximum atomic E-state index is 11.9. The minimum Gasteiger partial charge on any atom is -0.462 e. The molecular formula is C14H25N3O2S. The first kappa shape index (κ1) is 16.8. The van der Waals surface area contributed by atoms with Gasteiger partial charge in [-0.25, -0.2) is 4.79 Å². The molecule has 1 aromatic rings. The van der Waals surface area contributed by atoms with Gasteiger partial charge in [-0.1, -0.05) is 27.7 Å². The Morgan fingerprint density at radius 2 is 1.95 bits per heavy atom. The third-order valence-electron chi connectivity index (χ3n) is 3.41. The van der Waals surface area contributed by atoms with Gasteiger partial charge in [-0.05, 0) is 36.2 Å². The monoisotopic (exact) mass is 299 g/mol. The van der Waals surface area contributed by atoms with Gasteiger partial charge in [0, 0.05) is 6.54 Å². The Balaban J connectivity index is 2.80. The predicted molar refractivity (Wildman–Crippen MR) is 84.1 cm³/mol. The van der Waals surface area contributed by atoms with Crippen molar-refractivity contribution in [2.45, 2.75) is 34.6 Å². The van der Waals surface area contributed by atoms with Gasteiger partial charge in [0.2, 0.25) is 0 Å². The minimum absolute atomic E-state index is 0.238. The van der Waals surface area contributed by atoms with Gasteiger partial charge >= 0.3 is 5.97 Å². The molecule has 0 aliphatic heterocycles. The van der Waals surface area contributed by atoms with E-state index in [1.165, 1.54) is 11.5 Å². The third-order valence-corrected chi connectivity index (χ3v) is 4.23. The number of nitrogen functional groups attached to an aromatic ring is 1. The smallest absolute Gasteiger partial charge is 0.344 e. The number of ether oxygens (including phenoxy) is 1. The van der Waals surface area contributed by atoms with Crippen molar-refractivity contribution in [2.24, 2.45) is 17.8 Å². The van der Waals surface area contributed by atoms with Crippen LogP contribution >= 0.6 is 11.5 Å². The Labute approximate surface area is 125 Å². The number of esters is 1. The number of anilines is 2. The molecule has 1 heterocycles. The van der Waals surface area contributed by atoms with Gasteiger partial charge in [0.05, 0.1) is 6.61 Å². The third kappa shape index (κ3) is 4.10. The molecule has 0 fully saturated rings. The van der Waals surface area contributed by atoms with E-state index in [0.29, 0.717) is 34.9 Å². The van der Waals surface area contributed by atoms with Crippen molar-refractivity contribution in [3.05, 3.63) is 5.56 Å². The van der Waals surface area contributed by atoms with Crippen LogP contribution in [-0.2, 0) is 4.74 Å². The molecule has 0 aromatic carbocycles. The highest BCUT2D eigenvalue weighted by Gasteiger charge is 2.23. The summed E-state index contributed by atoms with van der Waals surface area (Å²) in [5.41, 5.74) is 6.12. The summed E-state index contributed by atoms with van der Waals surface area (Å²) in [4.78, 5) is 11.9. The van der Waals surface area contributed by atoms with Crippen LogP contribution in [0, 0.1) is 17.8 Å². The molecule has 114 valence electrons. The first-order chi connectivity index (χ1) is 9.38. The molecule has 0 unspecified atom stereocenters. The molecule has 0 aliphatic rings. The molecule has 0 radical (unpaired) electrons. The minimum atomic E-state index is -0.410. The van der Waals surface area contributed by atoms with Crippen LogP contribution in [0.2, 0.25) is 0 Å². The average Bonchev–Trinajstić information content (AvgIpc) is 2.70. The molecule has 1 aromatic heterocycles. The van der Waals surface area contributed by atoms with Crippen molar-refractivity contribution in [3.63, 3.8) is 0 Å². The Hall–Kier alpha value is -1.30. The molecule has 0 saturated heterocycles. The molecule has 0 amide bonds. The lowest BCUT2D eigenvalue weighted by atomic mass is 9.85. The molecule has 5 nitrogen and oxygen atoms in total. The zero-order chi connectivity index (χ0) is 15.3. The van der Waals surface area contributed by atoms with Gasteiger partial charge in [-0.15, -0.1) is 0 Å². The lowest BCUT2D eigenvalue weighted by molar-refractivity contribution is 0.0529. The normalized spacial score (nSPS) is 11.4. The highest BCUT2D eigenvalue weighted by Crippen LogP contribution is 2.29. The van der Waals surface area contributed by atoms with Gasteiger partial charge in [0.1, 0.15) is 10.6 Å². The summed E-state index contributed by atoms with van der Waals surface area (Å²) in [5, 5.41) is 4.01. The summed E-state index contributed by atoms with van der Waals surface area (Å²) in [7, 11) is 0. The SMILES string of the molecule is CCOC(=O)c1c(N)nsc1NCC(C(C)C)C(C)C.